The van der Waals surface area contributed by atoms with E-state index in [1.165, 1.54) is 0 Å². The molecule has 0 aliphatic rings. The molecule has 6 N–H and O–H groups in total. The van der Waals surface area contributed by atoms with Gasteiger partial charge >= 0.3 is 29.8 Å². The van der Waals surface area contributed by atoms with E-state index in [9.17, 15) is 24.0 Å². The first-order valence-electron chi connectivity index (χ1n) is 6.54. The smallest absolute Gasteiger partial charge is 0.303 e. The molecule has 0 spiro atoms. The van der Waals surface area contributed by atoms with Crippen LogP contribution in [0.3, 0.4) is 0 Å². The number of aliphatic carboxylic acids is 6. The van der Waals surface area contributed by atoms with E-state index >= 15 is 0 Å². The summed E-state index contributed by atoms with van der Waals surface area (Å²) in [6.07, 6.45) is -0.963. The van der Waals surface area contributed by atoms with E-state index in [0.717, 1.165) is 6.92 Å². The van der Waals surface area contributed by atoms with Gasteiger partial charge in [0.25, 0.3) is 5.97 Å². The summed E-state index contributed by atoms with van der Waals surface area (Å²) < 4.78 is 0. The molecule has 0 atom stereocenters. The van der Waals surface area contributed by atoms with E-state index in [4.69, 9.17) is 35.4 Å². The number of hydrogen-bond acceptors (Lipinski definition) is 6. The number of rotatable bonds is 7. The van der Waals surface area contributed by atoms with Crippen LogP contribution in [0.5, 0.6) is 0 Å². The van der Waals surface area contributed by atoms with Crippen molar-refractivity contribution in [3.63, 3.8) is 0 Å². The molecular weight excluding hydrogens is 348 g/mol. The highest BCUT2D eigenvalue weighted by atomic mass is 16.4. The molecule has 0 saturated heterocycles. The standard InChI is InChI=1S/2C4H6O4.C3H6O2.C2H4O2/c2*5-3(6)1-2-4(7)8;1-2-3(4)5;1-2(3)4/h2*1-2H2,(H,5,6)(H,7,8);2H2,1H3,(H,4,5);1H3,(H,3,4). The SMILES string of the molecule is CC(=O)O.CCC(=O)O.O=C(O)CCC(=O)O.O=C(O)CCC(=O)O. The van der Waals surface area contributed by atoms with E-state index in [-0.39, 0.29) is 32.1 Å². The molecule has 0 fully saturated rings. The number of carboxylic acid groups (broad SMARTS) is 6. The number of hydrogen-bond donors (Lipinski definition) is 6. The van der Waals surface area contributed by atoms with Crippen molar-refractivity contribution in [2.45, 2.75) is 46.0 Å². The monoisotopic (exact) mass is 370 g/mol. The van der Waals surface area contributed by atoms with Gasteiger partial charge in [-0.1, -0.05) is 6.92 Å². The summed E-state index contributed by atoms with van der Waals surface area (Å²) in [6, 6.07) is 0. The van der Waals surface area contributed by atoms with Crippen LogP contribution in [0.2, 0.25) is 0 Å². The normalized spacial score (nSPS) is 7.92. The van der Waals surface area contributed by atoms with Gasteiger partial charge in [0.2, 0.25) is 0 Å². The van der Waals surface area contributed by atoms with Crippen LogP contribution in [0.4, 0.5) is 0 Å². The maximum atomic E-state index is 9.64. The third kappa shape index (κ3) is 94.8. The lowest BCUT2D eigenvalue weighted by Gasteiger charge is -1.85. The molecule has 0 aromatic heterocycles. The van der Waals surface area contributed by atoms with Gasteiger partial charge in [0.1, 0.15) is 0 Å². The highest BCUT2D eigenvalue weighted by Gasteiger charge is 2.01. The summed E-state index contributed by atoms with van der Waals surface area (Å²) in [5.74, 6) is -5.88. The van der Waals surface area contributed by atoms with E-state index in [0.29, 0.717) is 0 Å². The van der Waals surface area contributed by atoms with Crippen molar-refractivity contribution in [1.29, 1.82) is 0 Å². The first-order valence-corrected chi connectivity index (χ1v) is 6.54. The molecule has 0 rings (SSSR count). The molecular formula is C13H22O12. The molecule has 25 heavy (non-hydrogen) atoms. The summed E-state index contributed by atoms with van der Waals surface area (Å²) >= 11 is 0. The molecule has 0 aromatic carbocycles. The topological polar surface area (TPSA) is 224 Å². The zero-order chi connectivity index (χ0) is 21.0. The minimum Gasteiger partial charge on any atom is -0.481 e. The Morgan fingerprint density at radius 2 is 0.640 bits per heavy atom. The fourth-order valence-corrected chi connectivity index (χ4v) is 0.428. The minimum atomic E-state index is -1.08. The van der Waals surface area contributed by atoms with E-state index in [1.807, 2.05) is 0 Å². The Kier molecular flexibility index (Phi) is 24.8. The van der Waals surface area contributed by atoms with Gasteiger partial charge < -0.3 is 30.6 Å². The third-order valence-electron chi connectivity index (χ3n) is 1.41. The Hall–Kier alpha value is -3.18. The number of carbonyl (C=O) groups is 6. The van der Waals surface area contributed by atoms with Crippen molar-refractivity contribution in [2.75, 3.05) is 0 Å². The Labute approximate surface area is 142 Å². The van der Waals surface area contributed by atoms with Crippen molar-refractivity contribution >= 4 is 35.8 Å². The second kappa shape index (κ2) is 20.8. The summed E-state index contributed by atoms with van der Waals surface area (Å²) in [4.78, 5) is 56.9. The molecule has 0 saturated carbocycles. The zero-order valence-corrected chi connectivity index (χ0v) is 13.7. The average Bonchev–Trinajstić information content (AvgIpc) is 2.43. The van der Waals surface area contributed by atoms with Crippen molar-refractivity contribution < 1.29 is 59.4 Å². The molecule has 0 radical (unpaired) electrons. The van der Waals surface area contributed by atoms with Gasteiger partial charge in [-0.15, -0.1) is 0 Å². The van der Waals surface area contributed by atoms with Crippen LogP contribution < -0.4 is 0 Å². The molecule has 0 aromatic rings. The predicted molar refractivity (Wildman–Crippen MR) is 80.2 cm³/mol. The van der Waals surface area contributed by atoms with Gasteiger partial charge in [0.05, 0.1) is 25.7 Å². The zero-order valence-electron chi connectivity index (χ0n) is 13.7. The highest BCUT2D eigenvalue weighted by Crippen LogP contribution is 1.86. The molecule has 146 valence electrons. The van der Waals surface area contributed by atoms with Crippen molar-refractivity contribution in [3.05, 3.63) is 0 Å². The molecule has 0 bridgehead atoms. The lowest BCUT2D eigenvalue weighted by molar-refractivity contribution is -0.143. The van der Waals surface area contributed by atoms with Gasteiger partial charge in [0.15, 0.2) is 0 Å². The fourth-order valence-electron chi connectivity index (χ4n) is 0.428. The van der Waals surface area contributed by atoms with Crippen LogP contribution in [0.15, 0.2) is 0 Å². The van der Waals surface area contributed by atoms with Gasteiger partial charge in [-0.3, -0.25) is 28.8 Å². The van der Waals surface area contributed by atoms with E-state index in [2.05, 4.69) is 0 Å². The van der Waals surface area contributed by atoms with Gasteiger partial charge in [-0.05, 0) is 0 Å². The lowest BCUT2D eigenvalue weighted by atomic mass is 10.3. The Balaban J connectivity index is -0.000000122. The van der Waals surface area contributed by atoms with E-state index < -0.39 is 35.8 Å². The first-order chi connectivity index (χ1) is 11.3. The molecule has 0 amide bonds. The number of carboxylic acids is 6. The van der Waals surface area contributed by atoms with Crippen LogP contribution in [-0.2, 0) is 28.8 Å². The summed E-state index contributed by atoms with van der Waals surface area (Å²) in [5, 5.41) is 46.7. The molecule has 0 heterocycles. The fraction of sp³-hybridized carbons (Fsp3) is 0.538. The highest BCUT2D eigenvalue weighted by molar-refractivity contribution is 5.75. The average molecular weight is 370 g/mol. The van der Waals surface area contributed by atoms with Crippen LogP contribution in [0, 0.1) is 0 Å². The van der Waals surface area contributed by atoms with Crippen molar-refractivity contribution in [3.8, 4) is 0 Å². The molecule has 12 heteroatoms. The summed E-state index contributed by atoms with van der Waals surface area (Å²) in [6.45, 7) is 2.68. The van der Waals surface area contributed by atoms with Crippen molar-refractivity contribution in [2.24, 2.45) is 0 Å². The minimum absolute atomic E-state index is 0.222. The lowest BCUT2D eigenvalue weighted by Crippen LogP contribution is -2.00. The largest absolute Gasteiger partial charge is 0.481 e. The van der Waals surface area contributed by atoms with Gasteiger partial charge in [-0.25, -0.2) is 0 Å². The first kappa shape index (κ1) is 29.8. The Bertz CT molecular complexity index is 380. The van der Waals surface area contributed by atoms with Crippen LogP contribution in [0.25, 0.3) is 0 Å². The third-order valence-corrected chi connectivity index (χ3v) is 1.41. The summed E-state index contributed by atoms with van der Waals surface area (Å²) in [7, 11) is 0. The van der Waals surface area contributed by atoms with Gasteiger partial charge in [0, 0.05) is 13.3 Å². The summed E-state index contributed by atoms with van der Waals surface area (Å²) in [5.41, 5.74) is 0. The van der Waals surface area contributed by atoms with Crippen LogP contribution in [0.1, 0.15) is 46.0 Å². The van der Waals surface area contributed by atoms with Gasteiger partial charge in [-0.2, -0.15) is 0 Å². The Morgan fingerprint density at radius 3 is 0.680 bits per heavy atom. The van der Waals surface area contributed by atoms with Crippen LogP contribution in [-0.4, -0.2) is 66.5 Å². The second-order valence-electron chi connectivity index (χ2n) is 3.84. The van der Waals surface area contributed by atoms with Crippen LogP contribution >= 0.6 is 0 Å². The molecule has 0 aliphatic carbocycles. The molecule has 0 unspecified atom stereocenters. The Morgan fingerprint density at radius 1 is 0.520 bits per heavy atom. The van der Waals surface area contributed by atoms with E-state index in [1.54, 1.807) is 6.92 Å². The van der Waals surface area contributed by atoms with Crippen molar-refractivity contribution in [1.82, 2.24) is 0 Å². The predicted octanol–water partition coefficient (Wildman–Crippen LogP) is 0.444. The second-order valence-corrected chi connectivity index (χ2v) is 3.84. The molecule has 0 aliphatic heterocycles. The molecule has 12 nitrogen and oxygen atoms in total. The quantitative estimate of drug-likeness (QED) is 0.359. The maximum absolute atomic E-state index is 9.64. The maximum Gasteiger partial charge on any atom is 0.303 e.